The normalized spacial score (nSPS) is 16.3. The van der Waals surface area contributed by atoms with Crippen molar-refractivity contribution in [2.24, 2.45) is 0 Å². The highest BCUT2D eigenvalue weighted by atomic mass is 16.4. The maximum absolute atomic E-state index is 13.2. The number of hydrogen-bond acceptors (Lipinski definition) is 5. The number of furan rings is 2. The number of rotatable bonds is 3. The van der Waals surface area contributed by atoms with Crippen LogP contribution >= 0.6 is 0 Å². The van der Waals surface area contributed by atoms with Crippen LogP contribution in [-0.2, 0) is 6.54 Å². The first-order valence-corrected chi connectivity index (χ1v) is 8.59. The number of carbonyl (C=O) groups excluding carboxylic acids is 1. The van der Waals surface area contributed by atoms with Gasteiger partial charge in [0.25, 0.3) is 5.91 Å². The monoisotopic (exact) mass is 361 g/mol. The van der Waals surface area contributed by atoms with Crippen molar-refractivity contribution in [2.45, 2.75) is 19.5 Å². The highest BCUT2D eigenvalue weighted by Crippen LogP contribution is 2.39. The SMILES string of the molecule is Cc1ccc(C2c3c(oc4ccccc4c3=O)C(=O)N2Cc2ccco2)o1. The molecule has 1 unspecified atom stereocenters. The van der Waals surface area contributed by atoms with Crippen LogP contribution in [0.3, 0.4) is 0 Å². The summed E-state index contributed by atoms with van der Waals surface area (Å²) in [5.74, 6) is 1.54. The maximum Gasteiger partial charge on any atom is 0.291 e. The number of carbonyl (C=O) groups is 1. The minimum absolute atomic E-state index is 0.0595. The molecule has 6 heteroatoms. The van der Waals surface area contributed by atoms with E-state index in [2.05, 4.69) is 0 Å². The van der Waals surface area contributed by atoms with E-state index in [9.17, 15) is 9.59 Å². The molecule has 27 heavy (non-hydrogen) atoms. The van der Waals surface area contributed by atoms with E-state index in [0.29, 0.717) is 33.8 Å². The number of benzene rings is 1. The average molecular weight is 361 g/mol. The largest absolute Gasteiger partial charge is 0.467 e. The summed E-state index contributed by atoms with van der Waals surface area (Å²) < 4.78 is 17.0. The van der Waals surface area contributed by atoms with Crippen molar-refractivity contribution in [3.8, 4) is 0 Å². The Kier molecular flexibility index (Phi) is 3.33. The van der Waals surface area contributed by atoms with Crippen LogP contribution in [0.25, 0.3) is 11.0 Å². The van der Waals surface area contributed by atoms with Crippen LogP contribution < -0.4 is 5.43 Å². The lowest BCUT2D eigenvalue weighted by molar-refractivity contribution is 0.0686. The molecule has 0 saturated heterocycles. The van der Waals surface area contributed by atoms with E-state index < -0.39 is 6.04 Å². The second-order valence-electron chi connectivity index (χ2n) is 6.53. The van der Waals surface area contributed by atoms with Gasteiger partial charge in [-0.15, -0.1) is 0 Å². The Morgan fingerprint density at radius 2 is 1.85 bits per heavy atom. The third-order valence-electron chi connectivity index (χ3n) is 4.81. The van der Waals surface area contributed by atoms with Crippen molar-refractivity contribution < 1.29 is 18.0 Å². The first kappa shape index (κ1) is 15.7. The molecule has 1 aliphatic heterocycles. The van der Waals surface area contributed by atoms with Crippen LogP contribution in [0.15, 0.2) is 72.8 Å². The highest BCUT2D eigenvalue weighted by Gasteiger charge is 2.44. The van der Waals surface area contributed by atoms with Gasteiger partial charge in [0.05, 0.1) is 23.8 Å². The molecule has 0 bridgehead atoms. The molecule has 4 aromatic rings. The summed E-state index contributed by atoms with van der Waals surface area (Å²) in [6.45, 7) is 2.02. The van der Waals surface area contributed by atoms with Crippen LogP contribution in [0, 0.1) is 6.92 Å². The fraction of sp³-hybridized carbons (Fsp3) is 0.143. The Labute approximate surface area is 153 Å². The second-order valence-corrected chi connectivity index (χ2v) is 6.53. The predicted molar refractivity (Wildman–Crippen MR) is 96.4 cm³/mol. The summed E-state index contributed by atoms with van der Waals surface area (Å²) >= 11 is 0. The van der Waals surface area contributed by atoms with Crippen molar-refractivity contribution in [3.63, 3.8) is 0 Å². The number of aryl methyl sites for hydroxylation is 1. The molecular formula is C21H15NO5. The molecule has 5 rings (SSSR count). The molecular weight excluding hydrogens is 346 g/mol. The van der Waals surface area contributed by atoms with Crippen molar-refractivity contribution >= 4 is 16.9 Å². The summed E-state index contributed by atoms with van der Waals surface area (Å²) in [4.78, 5) is 27.9. The van der Waals surface area contributed by atoms with E-state index in [1.165, 1.54) is 0 Å². The second kappa shape index (κ2) is 5.74. The predicted octanol–water partition coefficient (Wildman–Crippen LogP) is 4.03. The molecule has 1 aliphatic rings. The van der Waals surface area contributed by atoms with Gasteiger partial charge in [-0.05, 0) is 43.3 Å². The van der Waals surface area contributed by atoms with Crippen molar-refractivity contribution in [1.82, 2.24) is 4.90 Å². The van der Waals surface area contributed by atoms with Gasteiger partial charge in [-0.2, -0.15) is 0 Å². The third kappa shape index (κ3) is 2.33. The molecule has 1 amide bonds. The van der Waals surface area contributed by atoms with E-state index in [4.69, 9.17) is 13.3 Å². The third-order valence-corrected chi connectivity index (χ3v) is 4.81. The molecule has 134 valence electrons. The van der Waals surface area contributed by atoms with Gasteiger partial charge in [0, 0.05) is 0 Å². The zero-order valence-corrected chi connectivity index (χ0v) is 14.5. The van der Waals surface area contributed by atoms with Gasteiger partial charge in [0.2, 0.25) is 5.76 Å². The van der Waals surface area contributed by atoms with Crippen LogP contribution in [-0.4, -0.2) is 10.8 Å². The van der Waals surface area contributed by atoms with E-state index in [-0.39, 0.29) is 23.6 Å². The fourth-order valence-corrected chi connectivity index (χ4v) is 3.60. The topological polar surface area (TPSA) is 76.8 Å². The van der Waals surface area contributed by atoms with Gasteiger partial charge in [-0.25, -0.2) is 0 Å². The molecule has 0 fully saturated rings. The van der Waals surface area contributed by atoms with E-state index in [1.54, 1.807) is 53.6 Å². The molecule has 0 spiro atoms. The molecule has 0 N–H and O–H groups in total. The standard InChI is InChI=1S/C21H15NO5/c1-12-8-9-16(26-12)18-17-19(23)14-6-2-3-7-15(14)27-20(17)21(24)22(18)11-13-5-4-10-25-13/h2-10,18H,11H2,1H3. The summed E-state index contributed by atoms with van der Waals surface area (Å²) in [6, 6.07) is 13.4. The quantitative estimate of drug-likeness (QED) is 0.550. The van der Waals surface area contributed by atoms with Crippen molar-refractivity contribution in [1.29, 1.82) is 0 Å². The van der Waals surface area contributed by atoms with Gasteiger partial charge in [-0.1, -0.05) is 12.1 Å². The molecule has 1 atom stereocenters. The molecule has 0 radical (unpaired) electrons. The number of hydrogen-bond donors (Lipinski definition) is 0. The Morgan fingerprint density at radius 3 is 2.59 bits per heavy atom. The Hall–Kier alpha value is -3.54. The molecule has 3 aromatic heterocycles. The summed E-state index contributed by atoms with van der Waals surface area (Å²) in [6.07, 6.45) is 1.55. The van der Waals surface area contributed by atoms with Crippen molar-refractivity contribution in [2.75, 3.05) is 0 Å². The smallest absolute Gasteiger partial charge is 0.291 e. The summed E-state index contributed by atoms with van der Waals surface area (Å²) in [5, 5.41) is 0.442. The molecule has 4 heterocycles. The summed E-state index contributed by atoms with van der Waals surface area (Å²) in [5.41, 5.74) is 0.477. The van der Waals surface area contributed by atoms with Crippen LogP contribution in [0.5, 0.6) is 0 Å². The Morgan fingerprint density at radius 1 is 1.00 bits per heavy atom. The number of nitrogens with zero attached hydrogens (tertiary/aromatic N) is 1. The van der Waals surface area contributed by atoms with Gasteiger partial charge in [0.15, 0.2) is 5.43 Å². The maximum atomic E-state index is 13.2. The Bertz CT molecular complexity index is 1220. The van der Waals surface area contributed by atoms with Gasteiger partial charge in [-0.3, -0.25) is 9.59 Å². The van der Waals surface area contributed by atoms with E-state index in [0.717, 1.165) is 0 Å². The zero-order valence-electron chi connectivity index (χ0n) is 14.5. The van der Waals surface area contributed by atoms with Crippen LogP contribution in [0.1, 0.15) is 39.4 Å². The lowest BCUT2D eigenvalue weighted by atomic mass is 10.0. The average Bonchev–Trinajstić information content (AvgIpc) is 3.38. The fourth-order valence-electron chi connectivity index (χ4n) is 3.60. The first-order valence-electron chi connectivity index (χ1n) is 8.59. The minimum atomic E-state index is -0.660. The van der Waals surface area contributed by atoms with E-state index in [1.807, 2.05) is 13.0 Å². The Balaban J connectivity index is 1.75. The molecule has 0 saturated carbocycles. The van der Waals surface area contributed by atoms with E-state index >= 15 is 0 Å². The molecule has 0 aliphatic carbocycles. The minimum Gasteiger partial charge on any atom is -0.467 e. The highest BCUT2D eigenvalue weighted by molar-refractivity contribution is 5.98. The number of fused-ring (bicyclic) bond motifs is 2. The van der Waals surface area contributed by atoms with Gasteiger partial charge < -0.3 is 18.2 Å². The molecule has 1 aromatic carbocycles. The van der Waals surface area contributed by atoms with Gasteiger partial charge >= 0.3 is 0 Å². The number of para-hydroxylation sites is 1. The zero-order chi connectivity index (χ0) is 18.5. The number of amides is 1. The van der Waals surface area contributed by atoms with Crippen LogP contribution in [0.4, 0.5) is 0 Å². The van der Waals surface area contributed by atoms with Crippen molar-refractivity contribution in [3.05, 3.63) is 93.6 Å². The lowest BCUT2D eigenvalue weighted by Crippen LogP contribution is -2.28. The molecule has 6 nitrogen and oxygen atoms in total. The first-order chi connectivity index (χ1) is 13.1. The van der Waals surface area contributed by atoms with Crippen LogP contribution in [0.2, 0.25) is 0 Å². The van der Waals surface area contributed by atoms with Gasteiger partial charge in [0.1, 0.15) is 28.9 Å². The summed E-state index contributed by atoms with van der Waals surface area (Å²) in [7, 11) is 0. The lowest BCUT2D eigenvalue weighted by Gasteiger charge is -2.22.